The number of aryl methyl sites for hydroxylation is 4. The third-order valence-corrected chi connectivity index (χ3v) is 10.8. The summed E-state index contributed by atoms with van der Waals surface area (Å²) in [6.07, 6.45) is 7.34. The third-order valence-electron chi connectivity index (χ3n) is 10.8. The molecule has 0 radical (unpaired) electrons. The molecule has 0 unspecified atom stereocenters. The second kappa shape index (κ2) is 13.4. The van der Waals surface area contributed by atoms with E-state index in [-0.39, 0.29) is 10.8 Å². The predicted molar refractivity (Wildman–Crippen MR) is 223 cm³/mol. The molecule has 5 aromatic carbocycles. The number of hydrogen-bond acceptors (Lipinski definition) is 2. The van der Waals surface area contributed by atoms with Gasteiger partial charge in [0.15, 0.2) is 0 Å². The van der Waals surface area contributed by atoms with E-state index in [1.807, 2.05) is 49.1 Å². The molecule has 0 amide bonds. The maximum Gasteiger partial charge on any atom is 0.331 e. The molecule has 0 aliphatic carbocycles. The first-order chi connectivity index (χ1) is 25.2. The summed E-state index contributed by atoms with van der Waals surface area (Å²) in [7, 11) is 0. The Balaban J connectivity index is 1.68. The van der Waals surface area contributed by atoms with Crippen LogP contribution in [0.3, 0.4) is 0 Å². The lowest BCUT2D eigenvalue weighted by Gasteiger charge is -2.25. The van der Waals surface area contributed by atoms with Gasteiger partial charge in [-0.3, -0.25) is 9.97 Å². The molecule has 264 valence electrons. The lowest BCUT2D eigenvalue weighted by atomic mass is 9.78. The molecule has 7 aromatic rings. The normalized spacial score (nSPS) is 12.0. The van der Waals surface area contributed by atoms with Gasteiger partial charge >= 0.3 is 5.71 Å². The SMILES string of the molecule is Cc1cc(C(C)(C)C)cc(C)c1C(=[N+]=[N-])c1c2cc(-c3ccncc3)ccc2c(-c2c(C)cc(C(C)(C)C)cc2C)c2ccc(-c3ccncc3)cc12. The summed E-state index contributed by atoms with van der Waals surface area (Å²) in [4.78, 5) is 12.8. The number of hydrogen-bond donors (Lipinski definition) is 0. The van der Waals surface area contributed by atoms with E-state index in [4.69, 9.17) is 0 Å². The first kappa shape index (κ1) is 35.7. The molecule has 2 heterocycles. The molecule has 0 aliphatic rings. The molecule has 0 aliphatic heterocycles. The van der Waals surface area contributed by atoms with Crippen molar-refractivity contribution < 1.29 is 4.79 Å². The summed E-state index contributed by atoms with van der Waals surface area (Å²) in [6.45, 7) is 22.3. The maximum atomic E-state index is 11.3. The smallest absolute Gasteiger partial charge is 0.331 e. The Morgan fingerprint density at radius 3 is 1.23 bits per heavy atom. The van der Waals surface area contributed by atoms with Gasteiger partial charge in [0.25, 0.3) is 0 Å². The zero-order valence-electron chi connectivity index (χ0n) is 32.7. The van der Waals surface area contributed by atoms with Gasteiger partial charge in [-0.2, -0.15) is 4.79 Å². The van der Waals surface area contributed by atoms with E-state index < -0.39 is 0 Å². The minimum Gasteiger partial charge on any atom is -0.361 e. The molecule has 0 spiro atoms. The average molecular weight is 693 g/mol. The summed E-state index contributed by atoms with van der Waals surface area (Å²) in [5.41, 5.74) is 27.6. The fraction of sp³-hybridized carbons (Fsp3) is 0.245. The minimum absolute atomic E-state index is 0.0195. The molecule has 4 nitrogen and oxygen atoms in total. The van der Waals surface area contributed by atoms with Crippen LogP contribution in [0.2, 0.25) is 0 Å². The molecule has 0 saturated heterocycles. The van der Waals surface area contributed by atoms with Crippen molar-refractivity contribution >= 4 is 27.3 Å². The second-order valence-electron chi connectivity index (χ2n) is 16.7. The minimum atomic E-state index is -0.0250. The van der Waals surface area contributed by atoms with Crippen molar-refractivity contribution in [2.24, 2.45) is 0 Å². The molecule has 0 N–H and O–H groups in total. The average Bonchev–Trinajstić information content (AvgIpc) is 3.12. The van der Waals surface area contributed by atoms with Crippen molar-refractivity contribution in [2.75, 3.05) is 0 Å². The van der Waals surface area contributed by atoms with E-state index in [0.717, 1.165) is 66.1 Å². The van der Waals surface area contributed by atoms with Gasteiger partial charge < -0.3 is 5.53 Å². The number of aromatic nitrogens is 2. The Labute approximate surface area is 314 Å². The quantitative estimate of drug-likeness (QED) is 0.0780. The molecule has 0 saturated carbocycles. The van der Waals surface area contributed by atoms with Crippen molar-refractivity contribution in [3.05, 3.63) is 160 Å². The first-order valence-corrected chi connectivity index (χ1v) is 18.5. The van der Waals surface area contributed by atoms with Crippen molar-refractivity contribution in [1.29, 1.82) is 0 Å². The van der Waals surface area contributed by atoms with E-state index in [9.17, 15) is 5.53 Å². The highest BCUT2D eigenvalue weighted by molar-refractivity contribution is 6.30. The van der Waals surface area contributed by atoms with Gasteiger partial charge in [-0.1, -0.05) is 90.1 Å². The van der Waals surface area contributed by atoms with Gasteiger partial charge in [-0.15, -0.1) is 0 Å². The highest BCUT2D eigenvalue weighted by atomic mass is 14.9. The highest BCUT2D eigenvalue weighted by Crippen LogP contribution is 2.46. The fourth-order valence-corrected chi connectivity index (χ4v) is 7.99. The number of rotatable bonds is 5. The van der Waals surface area contributed by atoms with Crippen LogP contribution in [0.4, 0.5) is 0 Å². The summed E-state index contributed by atoms with van der Waals surface area (Å²) >= 11 is 0. The van der Waals surface area contributed by atoms with Crippen molar-refractivity contribution in [2.45, 2.75) is 80.1 Å². The highest BCUT2D eigenvalue weighted by Gasteiger charge is 2.30. The molecule has 0 fully saturated rings. The fourth-order valence-electron chi connectivity index (χ4n) is 7.99. The summed E-state index contributed by atoms with van der Waals surface area (Å²) in [6, 6.07) is 30.9. The maximum absolute atomic E-state index is 11.3. The van der Waals surface area contributed by atoms with Crippen molar-refractivity contribution in [3.63, 3.8) is 0 Å². The van der Waals surface area contributed by atoms with Crippen molar-refractivity contribution in [3.8, 4) is 33.4 Å². The summed E-state index contributed by atoms with van der Waals surface area (Å²) in [5.74, 6) is 0. The van der Waals surface area contributed by atoms with Crippen LogP contribution >= 0.6 is 0 Å². The molecule has 0 bridgehead atoms. The first-order valence-electron chi connectivity index (χ1n) is 18.5. The van der Waals surface area contributed by atoms with Crippen LogP contribution in [0.1, 0.15) is 86.1 Å². The van der Waals surface area contributed by atoms with Crippen molar-refractivity contribution in [1.82, 2.24) is 9.97 Å². The Kier molecular flexibility index (Phi) is 9.00. The van der Waals surface area contributed by atoms with Crippen LogP contribution in [0.25, 0.3) is 60.5 Å². The topological polar surface area (TPSA) is 62.2 Å². The molecule has 53 heavy (non-hydrogen) atoms. The Bertz CT molecular complexity index is 2450. The lowest BCUT2D eigenvalue weighted by molar-refractivity contribution is -0.00264. The standard InChI is InChI=1S/C49H48N4/c1-29-23-37(48(5,6)7)24-30(2)43(29)45-39-13-11-35(33-15-19-51-20-16-33)27-41(39)46(42-28-36(12-14-40(42)45)34-17-21-52-22-18-34)47(53-50)44-31(3)25-38(26-32(44)4)49(8,9)10/h11-28H,1-10H3. The molecule has 2 aromatic heterocycles. The number of fused-ring (bicyclic) bond motifs is 2. The van der Waals surface area contributed by atoms with Gasteiger partial charge in [0.2, 0.25) is 0 Å². The van der Waals surface area contributed by atoms with Gasteiger partial charge in [0, 0.05) is 24.8 Å². The zero-order valence-corrected chi connectivity index (χ0v) is 32.7. The Hall–Kier alpha value is -5.70. The van der Waals surface area contributed by atoms with Gasteiger partial charge in [-0.25, -0.2) is 0 Å². The van der Waals surface area contributed by atoms with Crippen LogP contribution in [0, 0.1) is 27.7 Å². The number of nitrogens with zero attached hydrogens (tertiary/aromatic N) is 4. The van der Waals surface area contributed by atoms with Crippen LogP contribution in [-0.4, -0.2) is 20.5 Å². The zero-order chi connectivity index (χ0) is 37.8. The molecule has 0 atom stereocenters. The molecule has 7 rings (SSSR count). The van der Waals surface area contributed by atoms with Crippen LogP contribution in [-0.2, 0) is 10.8 Å². The Morgan fingerprint density at radius 2 is 0.849 bits per heavy atom. The number of benzene rings is 5. The third kappa shape index (κ3) is 6.49. The van der Waals surface area contributed by atoms with Gasteiger partial charge in [0.05, 0.1) is 11.1 Å². The monoisotopic (exact) mass is 692 g/mol. The van der Waals surface area contributed by atoms with Gasteiger partial charge in [0.1, 0.15) is 0 Å². The Morgan fingerprint density at radius 1 is 0.453 bits per heavy atom. The summed E-state index contributed by atoms with van der Waals surface area (Å²) in [5, 5.41) is 4.27. The van der Waals surface area contributed by atoms with Crippen LogP contribution < -0.4 is 0 Å². The molecular formula is C49H48N4. The molecular weight excluding hydrogens is 645 g/mol. The van der Waals surface area contributed by atoms with Gasteiger partial charge in [-0.05, 0) is 163 Å². The number of pyridine rings is 2. The van der Waals surface area contributed by atoms with Crippen LogP contribution in [0.15, 0.2) is 110 Å². The molecule has 4 heteroatoms. The largest absolute Gasteiger partial charge is 0.361 e. The predicted octanol–water partition coefficient (Wildman–Crippen LogP) is 12.7. The van der Waals surface area contributed by atoms with E-state index in [1.54, 1.807) is 0 Å². The summed E-state index contributed by atoms with van der Waals surface area (Å²) < 4.78 is 0. The van der Waals surface area contributed by atoms with E-state index in [0.29, 0.717) is 5.71 Å². The van der Waals surface area contributed by atoms with E-state index >= 15 is 0 Å². The lowest BCUT2D eigenvalue weighted by Crippen LogP contribution is -2.16. The van der Waals surface area contributed by atoms with Crippen LogP contribution in [0.5, 0.6) is 0 Å². The van der Waals surface area contributed by atoms with E-state index in [2.05, 4.69) is 145 Å². The second-order valence-corrected chi connectivity index (χ2v) is 16.7. The van der Waals surface area contributed by atoms with E-state index in [1.165, 1.54) is 33.4 Å².